The smallest absolute Gasteiger partial charge is 0.221 e. The van der Waals surface area contributed by atoms with E-state index in [1.807, 2.05) is 29.6 Å². The minimum atomic E-state index is -0.206. The van der Waals surface area contributed by atoms with Crippen LogP contribution >= 0.6 is 11.3 Å². The maximum absolute atomic E-state index is 13.0. The van der Waals surface area contributed by atoms with E-state index in [1.54, 1.807) is 11.3 Å². The van der Waals surface area contributed by atoms with Gasteiger partial charge in [0.05, 0.1) is 6.54 Å². The zero-order valence-corrected chi connectivity index (χ0v) is 13.1. The molecular weight excluding hydrogens is 299 g/mol. The lowest BCUT2D eigenvalue weighted by Gasteiger charge is -2.41. The van der Waals surface area contributed by atoms with Crippen molar-refractivity contribution < 1.29 is 9.18 Å². The van der Waals surface area contributed by atoms with Crippen molar-refractivity contribution in [3.05, 3.63) is 58.0 Å². The summed E-state index contributed by atoms with van der Waals surface area (Å²) in [5, 5.41) is 4.95. The standard InChI is InChI=1S/C17H19FN2OS/c18-14-5-3-13(4-6-14)16-7-9-20(16)10-8-17(21)19-12-15-2-1-11-22-15/h1-6,11,16H,7-10,12H2,(H,19,21)/t16-/m1/s1. The number of rotatable bonds is 6. The normalized spacial score (nSPS) is 18.0. The molecular formula is C17H19FN2OS. The summed E-state index contributed by atoms with van der Waals surface area (Å²) in [7, 11) is 0. The van der Waals surface area contributed by atoms with Crippen LogP contribution in [0.3, 0.4) is 0 Å². The zero-order valence-electron chi connectivity index (χ0n) is 12.3. The van der Waals surface area contributed by atoms with Gasteiger partial charge in [0.25, 0.3) is 0 Å². The molecule has 1 aromatic heterocycles. The van der Waals surface area contributed by atoms with Crippen molar-refractivity contribution >= 4 is 17.2 Å². The van der Waals surface area contributed by atoms with Gasteiger partial charge in [0.1, 0.15) is 5.82 Å². The van der Waals surface area contributed by atoms with Crippen LogP contribution in [0.5, 0.6) is 0 Å². The number of halogens is 1. The molecule has 1 amide bonds. The van der Waals surface area contributed by atoms with E-state index < -0.39 is 0 Å². The average molecular weight is 318 g/mol. The predicted molar refractivity (Wildman–Crippen MR) is 86.1 cm³/mol. The molecule has 0 saturated carbocycles. The van der Waals surface area contributed by atoms with Gasteiger partial charge in [0.15, 0.2) is 0 Å². The fourth-order valence-electron chi connectivity index (χ4n) is 2.70. The van der Waals surface area contributed by atoms with Crippen molar-refractivity contribution in [1.82, 2.24) is 10.2 Å². The van der Waals surface area contributed by atoms with Crippen molar-refractivity contribution in [3.63, 3.8) is 0 Å². The first-order valence-electron chi connectivity index (χ1n) is 7.51. The van der Waals surface area contributed by atoms with Crippen LogP contribution in [0.1, 0.15) is 29.3 Å². The Morgan fingerprint density at radius 3 is 2.77 bits per heavy atom. The zero-order chi connectivity index (χ0) is 15.4. The van der Waals surface area contributed by atoms with E-state index in [2.05, 4.69) is 10.2 Å². The van der Waals surface area contributed by atoms with E-state index in [4.69, 9.17) is 0 Å². The number of carbonyl (C=O) groups is 1. The molecule has 0 radical (unpaired) electrons. The molecule has 116 valence electrons. The second kappa shape index (κ2) is 7.03. The van der Waals surface area contributed by atoms with Crippen LogP contribution in [0, 0.1) is 5.82 Å². The summed E-state index contributed by atoms with van der Waals surface area (Å²) in [5.74, 6) is -0.124. The quantitative estimate of drug-likeness (QED) is 0.886. The Balaban J connectivity index is 1.43. The highest BCUT2D eigenvalue weighted by Gasteiger charge is 2.29. The van der Waals surface area contributed by atoms with Gasteiger partial charge in [0, 0.05) is 30.4 Å². The molecule has 1 atom stereocenters. The van der Waals surface area contributed by atoms with Crippen LogP contribution < -0.4 is 5.32 Å². The number of hydrogen-bond acceptors (Lipinski definition) is 3. The first kappa shape index (κ1) is 15.2. The monoisotopic (exact) mass is 318 g/mol. The first-order valence-corrected chi connectivity index (χ1v) is 8.39. The topological polar surface area (TPSA) is 32.3 Å². The summed E-state index contributed by atoms with van der Waals surface area (Å²) in [4.78, 5) is 15.3. The van der Waals surface area contributed by atoms with E-state index in [9.17, 15) is 9.18 Å². The van der Waals surface area contributed by atoms with Crippen molar-refractivity contribution in [2.45, 2.75) is 25.4 Å². The Hall–Kier alpha value is -1.72. The fourth-order valence-corrected chi connectivity index (χ4v) is 3.35. The molecule has 1 fully saturated rings. The van der Waals surface area contributed by atoms with Crippen LogP contribution in [0.15, 0.2) is 41.8 Å². The Morgan fingerprint density at radius 1 is 1.32 bits per heavy atom. The summed E-state index contributed by atoms with van der Waals surface area (Å²) in [6.45, 7) is 2.36. The van der Waals surface area contributed by atoms with Gasteiger partial charge in [-0.3, -0.25) is 9.69 Å². The lowest BCUT2D eigenvalue weighted by atomic mass is 9.94. The molecule has 3 rings (SSSR count). The highest BCUT2D eigenvalue weighted by atomic mass is 32.1. The molecule has 0 spiro atoms. The molecule has 1 saturated heterocycles. The fraction of sp³-hybridized carbons (Fsp3) is 0.353. The molecule has 3 nitrogen and oxygen atoms in total. The molecule has 5 heteroatoms. The molecule has 1 aliphatic rings. The minimum Gasteiger partial charge on any atom is -0.351 e. The second-order valence-corrected chi connectivity index (χ2v) is 6.53. The van der Waals surface area contributed by atoms with Gasteiger partial charge < -0.3 is 5.32 Å². The third-order valence-electron chi connectivity index (χ3n) is 4.05. The van der Waals surface area contributed by atoms with Gasteiger partial charge in [-0.1, -0.05) is 18.2 Å². The van der Waals surface area contributed by atoms with E-state index in [1.165, 1.54) is 17.0 Å². The molecule has 1 aliphatic heterocycles. The van der Waals surface area contributed by atoms with Gasteiger partial charge >= 0.3 is 0 Å². The number of likely N-dealkylation sites (tertiary alicyclic amines) is 1. The number of benzene rings is 1. The van der Waals surface area contributed by atoms with Crippen LogP contribution in [-0.2, 0) is 11.3 Å². The Labute approximate surface area is 133 Å². The number of thiophene rings is 1. The maximum Gasteiger partial charge on any atom is 0.221 e. The summed E-state index contributed by atoms with van der Waals surface area (Å²) in [6.07, 6.45) is 1.57. The predicted octanol–water partition coefficient (Wildman–Crippen LogP) is 3.34. The number of nitrogens with one attached hydrogen (secondary N) is 1. The molecule has 1 aromatic carbocycles. The van der Waals surface area contributed by atoms with Crippen molar-refractivity contribution in [2.75, 3.05) is 13.1 Å². The molecule has 1 N–H and O–H groups in total. The largest absolute Gasteiger partial charge is 0.351 e. The number of amides is 1. The summed E-state index contributed by atoms with van der Waals surface area (Å²) in [5.41, 5.74) is 1.13. The van der Waals surface area contributed by atoms with Crippen molar-refractivity contribution in [1.29, 1.82) is 0 Å². The third-order valence-corrected chi connectivity index (χ3v) is 4.93. The Kier molecular flexibility index (Phi) is 4.85. The maximum atomic E-state index is 13.0. The number of carbonyl (C=O) groups excluding carboxylic acids is 1. The van der Waals surface area contributed by atoms with Crippen LogP contribution in [0.4, 0.5) is 4.39 Å². The highest BCUT2D eigenvalue weighted by Crippen LogP contribution is 2.33. The van der Waals surface area contributed by atoms with Gasteiger partial charge in [-0.15, -0.1) is 11.3 Å². The third kappa shape index (κ3) is 3.72. The van der Waals surface area contributed by atoms with Gasteiger partial charge in [0.2, 0.25) is 5.91 Å². The van der Waals surface area contributed by atoms with E-state index in [-0.39, 0.29) is 11.7 Å². The van der Waals surface area contributed by atoms with E-state index >= 15 is 0 Å². The summed E-state index contributed by atoms with van der Waals surface area (Å²) < 4.78 is 13.0. The van der Waals surface area contributed by atoms with Gasteiger partial charge in [-0.2, -0.15) is 0 Å². The highest BCUT2D eigenvalue weighted by molar-refractivity contribution is 7.09. The number of hydrogen-bond donors (Lipinski definition) is 1. The average Bonchev–Trinajstić information content (AvgIpc) is 3.00. The molecule has 0 aliphatic carbocycles. The Bertz CT molecular complexity index is 612. The summed E-state index contributed by atoms with van der Waals surface area (Å²) >= 11 is 1.65. The lowest BCUT2D eigenvalue weighted by Crippen LogP contribution is -2.42. The lowest BCUT2D eigenvalue weighted by molar-refractivity contribution is -0.122. The molecule has 22 heavy (non-hydrogen) atoms. The van der Waals surface area contributed by atoms with E-state index in [0.717, 1.165) is 25.1 Å². The van der Waals surface area contributed by atoms with Crippen molar-refractivity contribution in [2.24, 2.45) is 0 Å². The minimum absolute atomic E-state index is 0.0816. The molecule has 2 heterocycles. The van der Waals surface area contributed by atoms with Crippen LogP contribution in [0.2, 0.25) is 0 Å². The van der Waals surface area contributed by atoms with Crippen LogP contribution in [0.25, 0.3) is 0 Å². The molecule has 0 bridgehead atoms. The van der Waals surface area contributed by atoms with Gasteiger partial charge in [-0.05, 0) is 35.6 Å². The van der Waals surface area contributed by atoms with Gasteiger partial charge in [-0.25, -0.2) is 4.39 Å². The van der Waals surface area contributed by atoms with Crippen LogP contribution in [-0.4, -0.2) is 23.9 Å². The summed E-state index contributed by atoms with van der Waals surface area (Å²) in [6, 6.07) is 11.0. The SMILES string of the molecule is O=C(CCN1CC[C@@H]1c1ccc(F)cc1)NCc1cccs1. The Morgan fingerprint density at radius 2 is 2.14 bits per heavy atom. The van der Waals surface area contributed by atoms with Crippen molar-refractivity contribution in [3.8, 4) is 0 Å². The van der Waals surface area contributed by atoms with E-state index in [0.29, 0.717) is 19.0 Å². The second-order valence-electron chi connectivity index (χ2n) is 5.50. The molecule has 2 aromatic rings. The number of nitrogens with zero attached hydrogens (tertiary/aromatic N) is 1. The first-order chi connectivity index (χ1) is 10.7. The molecule has 0 unspecified atom stereocenters.